The quantitative estimate of drug-likeness (QED) is 0.723. The minimum absolute atomic E-state index is 0.198. The van der Waals surface area contributed by atoms with Crippen LogP contribution in [0.25, 0.3) is 0 Å². The Morgan fingerprint density at radius 1 is 1.25 bits per heavy atom. The number of benzene rings is 1. The third-order valence-electron chi connectivity index (χ3n) is 5.44. The first-order chi connectivity index (χ1) is 13.7. The van der Waals surface area contributed by atoms with Crippen LogP contribution in [0.5, 0.6) is 5.75 Å². The van der Waals surface area contributed by atoms with Crippen LogP contribution in [0.1, 0.15) is 65.9 Å². The van der Waals surface area contributed by atoms with Crippen LogP contribution in [0.3, 0.4) is 0 Å². The molecule has 0 spiro atoms. The van der Waals surface area contributed by atoms with Crippen molar-refractivity contribution in [1.82, 2.24) is 4.98 Å². The summed E-state index contributed by atoms with van der Waals surface area (Å²) in [6, 6.07) is 7.73. The number of carbonyl (C=O) groups is 1. The van der Waals surface area contributed by atoms with E-state index < -0.39 is 5.97 Å². The van der Waals surface area contributed by atoms with Crippen molar-refractivity contribution in [1.29, 1.82) is 0 Å². The summed E-state index contributed by atoms with van der Waals surface area (Å²) in [5, 5.41) is 12.9. The monoisotopic (exact) mass is 382 g/mol. The van der Waals surface area contributed by atoms with E-state index in [-0.39, 0.29) is 5.56 Å². The maximum Gasteiger partial charge on any atom is 0.339 e. The van der Waals surface area contributed by atoms with E-state index in [0.717, 1.165) is 61.5 Å². The van der Waals surface area contributed by atoms with Crippen LogP contribution < -0.4 is 10.1 Å². The first kappa shape index (κ1) is 18.7. The van der Waals surface area contributed by atoms with Crippen molar-refractivity contribution in [2.75, 3.05) is 25.1 Å². The van der Waals surface area contributed by atoms with E-state index in [1.807, 2.05) is 19.1 Å². The number of carboxylic acid groups (broad SMARTS) is 1. The molecule has 1 aliphatic heterocycles. The molecule has 1 saturated heterocycles. The molecule has 0 atom stereocenters. The fourth-order valence-corrected chi connectivity index (χ4v) is 3.80. The molecule has 2 N–H and O–H groups in total. The number of anilines is 2. The molecule has 28 heavy (non-hydrogen) atoms. The highest BCUT2D eigenvalue weighted by Crippen LogP contribution is 2.42. The van der Waals surface area contributed by atoms with E-state index in [0.29, 0.717) is 24.3 Å². The van der Waals surface area contributed by atoms with Crippen LogP contribution in [0, 0.1) is 0 Å². The Bertz CT molecular complexity index is 858. The van der Waals surface area contributed by atoms with E-state index in [4.69, 9.17) is 9.47 Å². The molecule has 1 saturated carbocycles. The number of para-hydroxylation sites is 1. The lowest BCUT2D eigenvalue weighted by molar-refractivity contribution is 0.0697. The lowest BCUT2D eigenvalue weighted by Crippen LogP contribution is -2.15. The fourth-order valence-electron chi connectivity index (χ4n) is 3.80. The number of carboxylic acids is 1. The van der Waals surface area contributed by atoms with Gasteiger partial charge in [0.2, 0.25) is 0 Å². The van der Waals surface area contributed by atoms with Gasteiger partial charge < -0.3 is 19.9 Å². The van der Waals surface area contributed by atoms with Gasteiger partial charge in [0, 0.05) is 19.4 Å². The van der Waals surface area contributed by atoms with Gasteiger partial charge in [-0.15, -0.1) is 0 Å². The molecular weight excluding hydrogens is 356 g/mol. The minimum Gasteiger partial charge on any atom is -0.491 e. The number of aromatic carboxylic acids is 1. The second-order valence-electron chi connectivity index (χ2n) is 7.41. The van der Waals surface area contributed by atoms with Gasteiger partial charge in [0.25, 0.3) is 0 Å². The molecule has 1 aliphatic carbocycles. The molecule has 1 aromatic heterocycles. The van der Waals surface area contributed by atoms with Crippen molar-refractivity contribution in [3.05, 3.63) is 47.2 Å². The van der Waals surface area contributed by atoms with Crippen LogP contribution in [0.4, 0.5) is 11.5 Å². The van der Waals surface area contributed by atoms with Crippen LogP contribution in [-0.2, 0) is 4.74 Å². The van der Waals surface area contributed by atoms with Gasteiger partial charge in [-0.3, -0.25) is 0 Å². The topological polar surface area (TPSA) is 80.7 Å². The average Bonchev–Trinajstić information content (AvgIpc) is 3.55. The van der Waals surface area contributed by atoms with Gasteiger partial charge in [-0.1, -0.05) is 12.1 Å². The highest BCUT2D eigenvalue weighted by molar-refractivity contribution is 5.94. The van der Waals surface area contributed by atoms with Gasteiger partial charge in [-0.2, -0.15) is 0 Å². The van der Waals surface area contributed by atoms with Gasteiger partial charge in [0.15, 0.2) is 0 Å². The Kier molecular flexibility index (Phi) is 5.48. The molecule has 148 valence electrons. The number of ether oxygens (including phenoxy) is 2. The average molecular weight is 382 g/mol. The molecule has 6 nitrogen and oxygen atoms in total. The maximum atomic E-state index is 11.8. The molecule has 2 heterocycles. The number of nitrogens with one attached hydrogen (secondary N) is 1. The first-order valence-electron chi connectivity index (χ1n) is 10.0. The molecule has 4 rings (SSSR count). The second-order valence-corrected chi connectivity index (χ2v) is 7.41. The molecule has 1 aromatic carbocycles. The highest BCUT2D eigenvalue weighted by Gasteiger charge is 2.27. The van der Waals surface area contributed by atoms with Crippen molar-refractivity contribution in [2.24, 2.45) is 0 Å². The van der Waals surface area contributed by atoms with Crippen LogP contribution >= 0.6 is 0 Å². The number of nitrogens with zero attached hydrogens (tertiary/aromatic N) is 1. The summed E-state index contributed by atoms with van der Waals surface area (Å²) in [5.74, 6) is 0.982. The van der Waals surface area contributed by atoms with Crippen molar-refractivity contribution < 1.29 is 19.4 Å². The Balaban J connectivity index is 1.68. The maximum absolute atomic E-state index is 11.8. The van der Waals surface area contributed by atoms with Crippen molar-refractivity contribution in [3.63, 3.8) is 0 Å². The van der Waals surface area contributed by atoms with E-state index >= 15 is 0 Å². The summed E-state index contributed by atoms with van der Waals surface area (Å²) in [7, 11) is 0. The third-order valence-corrected chi connectivity index (χ3v) is 5.44. The summed E-state index contributed by atoms with van der Waals surface area (Å²) < 4.78 is 11.5. The third kappa shape index (κ3) is 3.97. The van der Waals surface area contributed by atoms with Gasteiger partial charge >= 0.3 is 5.97 Å². The number of hydrogen-bond donors (Lipinski definition) is 2. The summed E-state index contributed by atoms with van der Waals surface area (Å²) in [4.78, 5) is 16.2. The summed E-state index contributed by atoms with van der Waals surface area (Å²) in [5.41, 5.74) is 3.09. The SMILES string of the molecule is CCOc1c(Nc2ncc(C3CC3)cc2C(=O)O)cccc1C1CCOCC1. The predicted molar refractivity (Wildman–Crippen MR) is 107 cm³/mol. The zero-order valence-electron chi connectivity index (χ0n) is 16.1. The Morgan fingerprint density at radius 3 is 2.71 bits per heavy atom. The molecule has 0 amide bonds. The standard InChI is InChI=1S/C22H26N2O4/c1-2-28-20-17(15-8-10-27-11-9-15)4-3-5-19(20)24-21-18(22(25)26)12-16(13-23-21)14-6-7-14/h3-5,12-15H,2,6-11H2,1H3,(H,23,24)(H,25,26). The van der Waals surface area contributed by atoms with E-state index in [2.05, 4.69) is 16.4 Å². The largest absolute Gasteiger partial charge is 0.491 e. The molecule has 0 bridgehead atoms. The van der Waals surface area contributed by atoms with Gasteiger partial charge in [0.1, 0.15) is 17.1 Å². The Hall–Kier alpha value is -2.60. The number of pyridine rings is 1. The van der Waals surface area contributed by atoms with Crippen molar-refractivity contribution >= 4 is 17.5 Å². The van der Waals surface area contributed by atoms with Crippen LogP contribution in [0.2, 0.25) is 0 Å². The Labute approximate surface area is 164 Å². The highest BCUT2D eigenvalue weighted by atomic mass is 16.5. The van der Waals surface area contributed by atoms with Crippen molar-refractivity contribution in [3.8, 4) is 5.75 Å². The van der Waals surface area contributed by atoms with Crippen LogP contribution in [0.15, 0.2) is 30.5 Å². The van der Waals surface area contributed by atoms with E-state index in [1.54, 1.807) is 12.3 Å². The summed E-state index contributed by atoms with van der Waals surface area (Å²) in [6.45, 7) is 3.99. The van der Waals surface area contributed by atoms with Crippen LogP contribution in [-0.4, -0.2) is 35.9 Å². The lowest BCUT2D eigenvalue weighted by atomic mass is 9.90. The number of hydrogen-bond acceptors (Lipinski definition) is 5. The Morgan fingerprint density at radius 2 is 2.04 bits per heavy atom. The van der Waals surface area contributed by atoms with E-state index in [1.165, 1.54) is 0 Å². The molecule has 6 heteroatoms. The molecule has 2 fully saturated rings. The fraction of sp³-hybridized carbons (Fsp3) is 0.455. The van der Waals surface area contributed by atoms with Gasteiger partial charge in [-0.05, 0) is 67.7 Å². The zero-order chi connectivity index (χ0) is 19.5. The first-order valence-corrected chi connectivity index (χ1v) is 10.0. The summed E-state index contributed by atoms with van der Waals surface area (Å²) >= 11 is 0. The zero-order valence-corrected chi connectivity index (χ0v) is 16.1. The lowest BCUT2D eigenvalue weighted by Gasteiger charge is -2.26. The molecule has 2 aliphatic rings. The molecule has 2 aromatic rings. The normalized spacial score (nSPS) is 17.3. The smallest absolute Gasteiger partial charge is 0.339 e. The number of aromatic nitrogens is 1. The van der Waals surface area contributed by atoms with Crippen molar-refractivity contribution in [2.45, 2.75) is 44.4 Å². The molecule has 0 radical (unpaired) electrons. The molecular formula is C22H26N2O4. The number of rotatable bonds is 7. The minimum atomic E-state index is -0.976. The van der Waals surface area contributed by atoms with E-state index in [9.17, 15) is 9.90 Å². The van der Waals surface area contributed by atoms with Gasteiger partial charge in [-0.25, -0.2) is 9.78 Å². The second kappa shape index (κ2) is 8.19. The van der Waals surface area contributed by atoms with Gasteiger partial charge in [0.05, 0.1) is 12.3 Å². The molecule has 0 unspecified atom stereocenters. The predicted octanol–water partition coefficient (Wildman–Crippen LogP) is 4.69. The summed E-state index contributed by atoms with van der Waals surface area (Å²) in [6.07, 6.45) is 5.91.